The standard InChI is InChI=1S/C11H12N2O3S/c1-3-6-7-9(14)12-5-13-10(7)17-8(6)11(15)16-4-2/h5H,3-4H2,1-2H3,(H,12,13,14). The van der Waals surface area contributed by atoms with E-state index in [1.165, 1.54) is 17.7 Å². The van der Waals surface area contributed by atoms with Crippen LogP contribution < -0.4 is 5.56 Å². The molecule has 0 saturated carbocycles. The van der Waals surface area contributed by atoms with Crippen LogP contribution >= 0.6 is 11.3 Å². The fourth-order valence-electron chi connectivity index (χ4n) is 1.70. The molecule has 0 spiro atoms. The zero-order chi connectivity index (χ0) is 12.4. The molecule has 1 N–H and O–H groups in total. The van der Waals surface area contributed by atoms with Gasteiger partial charge in [0.1, 0.15) is 9.71 Å². The van der Waals surface area contributed by atoms with Crippen LogP contribution in [0.15, 0.2) is 11.1 Å². The van der Waals surface area contributed by atoms with Crippen molar-refractivity contribution in [3.63, 3.8) is 0 Å². The van der Waals surface area contributed by atoms with Crippen LogP contribution in [0, 0.1) is 0 Å². The Balaban J connectivity index is 2.69. The van der Waals surface area contributed by atoms with Gasteiger partial charge >= 0.3 is 5.97 Å². The maximum Gasteiger partial charge on any atom is 0.348 e. The third-order valence-electron chi connectivity index (χ3n) is 2.41. The van der Waals surface area contributed by atoms with E-state index in [-0.39, 0.29) is 11.5 Å². The molecule has 2 aromatic heterocycles. The number of ether oxygens (including phenoxy) is 1. The Morgan fingerprint density at radius 3 is 2.94 bits per heavy atom. The van der Waals surface area contributed by atoms with E-state index in [0.29, 0.717) is 28.1 Å². The first-order valence-corrected chi connectivity index (χ1v) is 6.16. The Morgan fingerprint density at radius 1 is 1.53 bits per heavy atom. The molecule has 0 bridgehead atoms. The number of hydrogen-bond acceptors (Lipinski definition) is 5. The number of aromatic nitrogens is 2. The van der Waals surface area contributed by atoms with Gasteiger partial charge in [-0.25, -0.2) is 9.78 Å². The predicted molar refractivity (Wildman–Crippen MR) is 65.6 cm³/mol. The Hall–Kier alpha value is -1.69. The first kappa shape index (κ1) is 11.8. The van der Waals surface area contributed by atoms with Crippen molar-refractivity contribution in [2.24, 2.45) is 0 Å². The average Bonchev–Trinajstić information content (AvgIpc) is 2.69. The Bertz CT molecular complexity index is 615. The van der Waals surface area contributed by atoms with Crippen LogP contribution in [0.1, 0.15) is 29.1 Å². The largest absolute Gasteiger partial charge is 0.462 e. The molecule has 0 radical (unpaired) electrons. The number of aryl methyl sites for hydroxylation is 1. The van der Waals surface area contributed by atoms with Gasteiger partial charge in [-0.15, -0.1) is 11.3 Å². The van der Waals surface area contributed by atoms with Gasteiger partial charge in [0.15, 0.2) is 0 Å². The van der Waals surface area contributed by atoms with E-state index in [9.17, 15) is 9.59 Å². The normalized spacial score (nSPS) is 10.7. The topological polar surface area (TPSA) is 72.0 Å². The molecule has 0 aliphatic carbocycles. The number of fused-ring (bicyclic) bond motifs is 1. The lowest BCUT2D eigenvalue weighted by molar-refractivity contribution is 0.0531. The molecule has 0 atom stereocenters. The number of aromatic amines is 1. The smallest absolute Gasteiger partial charge is 0.348 e. The molecule has 2 heterocycles. The Labute approximate surface area is 101 Å². The van der Waals surface area contributed by atoms with Gasteiger partial charge in [0.05, 0.1) is 18.3 Å². The third kappa shape index (κ3) is 1.95. The van der Waals surface area contributed by atoms with Gasteiger partial charge < -0.3 is 9.72 Å². The highest BCUT2D eigenvalue weighted by atomic mass is 32.1. The summed E-state index contributed by atoms with van der Waals surface area (Å²) in [4.78, 5) is 31.1. The summed E-state index contributed by atoms with van der Waals surface area (Å²) in [7, 11) is 0. The molecule has 0 fully saturated rings. The zero-order valence-corrected chi connectivity index (χ0v) is 10.4. The molecule has 17 heavy (non-hydrogen) atoms. The summed E-state index contributed by atoms with van der Waals surface area (Å²) in [6.45, 7) is 3.97. The van der Waals surface area contributed by atoms with E-state index in [4.69, 9.17) is 4.74 Å². The zero-order valence-electron chi connectivity index (χ0n) is 9.57. The van der Waals surface area contributed by atoms with Gasteiger partial charge in [-0.05, 0) is 18.9 Å². The minimum absolute atomic E-state index is 0.210. The molecule has 0 amide bonds. The maximum atomic E-state index is 11.8. The molecule has 90 valence electrons. The van der Waals surface area contributed by atoms with E-state index in [1.54, 1.807) is 6.92 Å². The second-order valence-electron chi connectivity index (χ2n) is 3.40. The molecule has 0 unspecified atom stereocenters. The molecular weight excluding hydrogens is 240 g/mol. The first-order valence-electron chi connectivity index (χ1n) is 5.35. The summed E-state index contributed by atoms with van der Waals surface area (Å²) in [5.41, 5.74) is 0.511. The number of thiophene rings is 1. The Kier molecular flexibility index (Phi) is 3.23. The molecule has 0 aliphatic rings. The minimum atomic E-state index is -0.383. The van der Waals surface area contributed by atoms with Gasteiger partial charge in [0.2, 0.25) is 0 Å². The number of nitrogens with zero attached hydrogens (tertiary/aromatic N) is 1. The van der Waals surface area contributed by atoms with Crippen LogP contribution in [0.4, 0.5) is 0 Å². The SMILES string of the molecule is CCOC(=O)c1sc2nc[nH]c(=O)c2c1CC. The number of carbonyl (C=O) groups excluding carboxylic acids is 1. The lowest BCUT2D eigenvalue weighted by Gasteiger charge is -2.00. The summed E-state index contributed by atoms with van der Waals surface area (Å²) in [5, 5.41) is 0.503. The predicted octanol–water partition coefficient (Wildman–Crippen LogP) is 1.72. The summed E-state index contributed by atoms with van der Waals surface area (Å²) < 4.78 is 4.97. The highest BCUT2D eigenvalue weighted by molar-refractivity contribution is 7.20. The van der Waals surface area contributed by atoms with Crippen molar-refractivity contribution >= 4 is 27.5 Å². The van der Waals surface area contributed by atoms with Gasteiger partial charge in [-0.2, -0.15) is 0 Å². The third-order valence-corrected chi connectivity index (χ3v) is 3.53. The van der Waals surface area contributed by atoms with Crippen LogP contribution in [-0.4, -0.2) is 22.5 Å². The summed E-state index contributed by atoms with van der Waals surface area (Å²) in [6, 6.07) is 0. The van der Waals surface area contributed by atoms with E-state index in [1.807, 2.05) is 6.92 Å². The molecule has 6 heteroatoms. The van der Waals surface area contributed by atoms with Crippen molar-refractivity contribution in [3.8, 4) is 0 Å². The molecule has 2 rings (SSSR count). The van der Waals surface area contributed by atoms with E-state index in [2.05, 4.69) is 9.97 Å². The van der Waals surface area contributed by atoms with E-state index >= 15 is 0 Å². The van der Waals surface area contributed by atoms with Crippen LogP contribution in [0.25, 0.3) is 10.2 Å². The van der Waals surface area contributed by atoms with Crippen LogP contribution in [0.5, 0.6) is 0 Å². The van der Waals surface area contributed by atoms with Crippen molar-refractivity contribution in [2.45, 2.75) is 20.3 Å². The van der Waals surface area contributed by atoms with E-state index in [0.717, 1.165) is 5.56 Å². The van der Waals surface area contributed by atoms with Crippen molar-refractivity contribution in [3.05, 3.63) is 27.1 Å². The van der Waals surface area contributed by atoms with Gasteiger partial charge in [0, 0.05) is 0 Å². The molecule has 2 aromatic rings. The maximum absolute atomic E-state index is 11.8. The molecule has 0 saturated heterocycles. The monoisotopic (exact) mass is 252 g/mol. The van der Waals surface area contributed by atoms with Crippen molar-refractivity contribution in [2.75, 3.05) is 6.61 Å². The highest BCUT2D eigenvalue weighted by Crippen LogP contribution is 2.28. The lowest BCUT2D eigenvalue weighted by atomic mass is 10.1. The quantitative estimate of drug-likeness (QED) is 0.844. The van der Waals surface area contributed by atoms with Crippen molar-refractivity contribution in [1.82, 2.24) is 9.97 Å². The second kappa shape index (κ2) is 4.67. The number of carbonyl (C=O) groups is 1. The summed E-state index contributed by atoms with van der Waals surface area (Å²) in [5.74, 6) is -0.383. The summed E-state index contributed by atoms with van der Waals surface area (Å²) in [6.07, 6.45) is 1.94. The average molecular weight is 252 g/mol. The summed E-state index contributed by atoms with van der Waals surface area (Å²) >= 11 is 1.21. The van der Waals surface area contributed by atoms with E-state index < -0.39 is 0 Å². The lowest BCUT2D eigenvalue weighted by Crippen LogP contribution is -2.09. The number of nitrogens with one attached hydrogen (secondary N) is 1. The second-order valence-corrected chi connectivity index (χ2v) is 4.39. The van der Waals surface area contributed by atoms with Crippen molar-refractivity contribution < 1.29 is 9.53 Å². The van der Waals surface area contributed by atoms with Gasteiger partial charge in [0.25, 0.3) is 5.56 Å². The van der Waals surface area contributed by atoms with Gasteiger partial charge in [-0.1, -0.05) is 6.92 Å². The fraction of sp³-hybridized carbons (Fsp3) is 0.364. The van der Waals surface area contributed by atoms with Crippen LogP contribution in [0.2, 0.25) is 0 Å². The number of rotatable bonds is 3. The fourth-order valence-corrected chi connectivity index (χ4v) is 2.83. The van der Waals surface area contributed by atoms with Crippen molar-refractivity contribution in [1.29, 1.82) is 0 Å². The van der Waals surface area contributed by atoms with Crippen LogP contribution in [0.3, 0.4) is 0 Å². The molecular formula is C11H12N2O3S. The Morgan fingerprint density at radius 2 is 2.29 bits per heavy atom. The van der Waals surface area contributed by atoms with Gasteiger partial charge in [-0.3, -0.25) is 4.79 Å². The first-order chi connectivity index (χ1) is 8.19. The van der Waals surface area contributed by atoms with Crippen LogP contribution in [-0.2, 0) is 11.2 Å². The molecule has 5 nitrogen and oxygen atoms in total. The minimum Gasteiger partial charge on any atom is -0.462 e. The number of esters is 1. The number of H-pyrrole nitrogens is 1. The highest BCUT2D eigenvalue weighted by Gasteiger charge is 2.20. The number of hydrogen-bond donors (Lipinski definition) is 1. The molecule has 0 aromatic carbocycles. The molecule has 0 aliphatic heterocycles.